The van der Waals surface area contributed by atoms with Crippen molar-refractivity contribution in [1.82, 2.24) is 29.0 Å². The third-order valence-electron chi connectivity index (χ3n) is 6.85. The Morgan fingerprint density at radius 2 is 1.92 bits per heavy atom. The van der Waals surface area contributed by atoms with Crippen LogP contribution < -0.4 is 11.2 Å². The molecule has 5 rings (SSSR count). The molecule has 11 nitrogen and oxygen atoms in total. The molecule has 1 N–H and O–H groups in total. The number of amides is 1. The van der Waals surface area contributed by atoms with Crippen molar-refractivity contribution in [2.45, 2.75) is 52.7 Å². The molecular weight excluding hydrogens is 508 g/mol. The predicted molar refractivity (Wildman–Crippen MR) is 143 cm³/mol. The van der Waals surface area contributed by atoms with Crippen LogP contribution in [0.3, 0.4) is 0 Å². The summed E-state index contributed by atoms with van der Waals surface area (Å²) in [5, 5.41) is 16.4. The van der Waals surface area contributed by atoms with Crippen LogP contribution in [0.1, 0.15) is 59.0 Å². The lowest BCUT2D eigenvalue weighted by Gasteiger charge is -2.17. The molecule has 4 aromatic heterocycles. The molecule has 1 fully saturated rings. The molecule has 12 heteroatoms. The number of aliphatic hydroxyl groups is 1. The number of hydroxylamine groups is 2. The molecule has 0 radical (unpaired) electrons. The maximum Gasteiger partial charge on any atom is 0.332 e. The van der Waals surface area contributed by atoms with E-state index in [0.29, 0.717) is 16.1 Å². The van der Waals surface area contributed by atoms with Gasteiger partial charge in [0.15, 0.2) is 0 Å². The van der Waals surface area contributed by atoms with E-state index in [2.05, 4.69) is 4.98 Å². The minimum atomic E-state index is -1.20. The number of β-amino-alcohol motifs (C(OH)–C–C–N with tert-alkyl or cyclic N) is 1. The van der Waals surface area contributed by atoms with Gasteiger partial charge in [-0.25, -0.2) is 14.5 Å². The lowest BCUT2D eigenvalue weighted by molar-refractivity contribution is -0.0796. The van der Waals surface area contributed by atoms with Crippen LogP contribution >= 0.6 is 11.3 Å². The Morgan fingerprint density at radius 3 is 2.53 bits per heavy atom. The monoisotopic (exact) mass is 538 g/mol. The second kappa shape index (κ2) is 9.29. The first-order valence-corrected chi connectivity index (χ1v) is 13.1. The van der Waals surface area contributed by atoms with E-state index < -0.39 is 22.8 Å². The van der Waals surface area contributed by atoms with Gasteiger partial charge in [-0.15, -0.1) is 11.3 Å². The van der Waals surface area contributed by atoms with Crippen molar-refractivity contribution < 1.29 is 14.7 Å². The van der Waals surface area contributed by atoms with Gasteiger partial charge < -0.3 is 5.11 Å². The Labute approximate surface area is 222 Å². The van der Waals surface area contributed by atoms with Gasteiger partial charge in [0.1, 0.15) is 17.0 Å². The number of pyridine rings is 1. The fourth-order valence-corrected chi connectivity index (χ4v) is 6.26. The van der Waals surface area contributed by atoms with Crippen LogP contribution in [-0.4, -0.2) is 58.7 Å². The van der Waals surface area contributed by atoms with E-state index in [1.165, 1.54) is 18.4 Å². The van der Waals surface area contributed by atoms with Crippen LogP contribution in [0.4, 0.5) is 0 Å². The summed E-state index contributed by atoms with van der Waals surface area (Å²) in [6.07, 6.45) is 3.71. The molecule has 0 aliphatic carbocycles. The summed E-state index contributed by atoms with van der Waals surface area (Å²) in [5.74, 6) is -0.521. The molecule has 1 atom stereocenters. The lowest BCUT2D eigenvalue weighted by atomic mass is 10.0. The summed E-state index contributed by atoms with van der Waals surface area (Å²) in [6.45, 7) is 9.09. The number of rotatable bonds is 5. The summed E-state index contributed by atoms with van der Waals surface area (Å²) < 4.78 is 4.41. The molecule has 0 unspecified atom stereocenters. The van der Waals surface area contributed by atoms with E-state index in [1.54, 1.807) is 23.9 Å². The number of nitrogens with zero attached hydrogens (tertiary/aromatic N) is 6. The molecule has 0 bridgehead atoms. The maximum absolute atomic E-state index is 13.9. The van der Waals surface area contributed by atoms with Gasteiger partial charge in [0.05, 0.1) is 28.9 Å². The topological polar surface area (TPSA) is 124 Å². The van der Waals surface area contributed by atoms with Crippen LogP contribution in [0.2, 0.25) is 0 Å². The average molecular weight is 539 g/mol. The fourth-order valence-electron chi connectivity index (χ4n) is 4.84. The van der Waals surface area contributed by atoms with Gasteiger partial charge in [0.25, 0.3) is 11.5 Å². The Bertz CT molecular complexity index is 1680. The lowest BCUT2D eigenvalue weighted by Crippen LogP contribution is -2.39. The molecule has 5 heterocycles. The first kappa shape index (κ1) is 26.0. The van der Waals surface area contributed by atoms with Crippen LogP contribution in [0.5, 0.6) is 0 Å². The minimum absolute atomic E-state index is 0.0369. The van der Waals surface area contributed by atoms with Gasteiger partial charge in [-0.3, -0.25) is 28.5 Å². The summed E-state index contributed by atoms with van der Waals surface area (Å²) in [4.78, 5) is 51.1. The molecule has 1 aliphatic rings. The third kappa shape index (κ3) is 4.18. The van der Waals surface area contributed by atoms with E-state index in [9.17, 15) is 19.5 Å². The van der Waals surface area contributed by atoms with Crippen molar-refractivity contribution in [1.29, 1.82) is 0 Å². The van der Waals surface area contributed by atoms with Crippen molar-refractivity contribution in [3.05, 3.63) is 72.8 Å². The molecule has 0 aromatic carbocycles. The summed E-state index contributed by atoms with van der Waals surface area (Å²) in [6, 6.07) is 3.48. The number of hydrogen-bond donors (Lipinski definition) is 1. The normalized spacial score (nSPS) is 17.7. The number of carbonyl (C=O) groups is 1. The molecule has 200 valence electrons. The number of hydrogen-bond acceptors (Lipinski definition) is 8. The third-order valence-corrected chi connectivity index (χ3v) is 8.04. The fraction of sp³-hybridized carbons (Fsp3) is 0.423. The van der Waals surface area contributed by atoms with E-state index in [1.807, 2.05) is 44.5 Å². The highest BCUT2D eigenvalue weighted by atomic mass is 32.1. The maximum atomic E-state index is 13.9. The van der Waals surface area contributed by atoms with Crippen molar-refractivity contribution in [3.63, 3.8) is 0 Å². The summed E-state index contributed by atoms with van der Waals surface area (Å²) in [5.41, 5.74) is 1.44. The average Bonchev–Trinajstić information content (AvgIpc) is 3.51. The summed E-state index contributed by atoms with van der Waals surface area (Å²) >= 11 is 1.26. The molecule has 0 spiro atoms. The van der Waals surface area contributed by atoms with Gasteiger partial charge in [-0.2, -0.15) is 5.10 Å². The van der Waals surface area contributed by atoms with Crippen LogP contribution in [0, 0.1) is 13.8 Å². The van der Waals surface area contributed by atoms with E-state index in [0.717, 1.165) is 32.3 Å². The number of fused-ring (bicyclic) bond motifs is 1. The van der Waals surface area contributed by atoms with Crippen LogP contribution in [-0.2, 0) is 18.3 Å². The van der Waals surface area contributed by atoms with Gasteiger partial charge in [0.2, 0.25) is 0 Å². The second-order valence-electron chi connectivity index (χ2n) is 10.2. The zero-order valence-electron chi connectivity index (χ0n) is 22.2. The Morgan fingerprint density at radius 1 is 1.24 bits per heavy atom. The number of aromatic nitrogens is 5. The van der Waals surface area contributed by atoms with Crippen molar-refractivity contribution >= 4 is 27.5 Å². The zero-order valence-corrected chi connectivity index (χ0v) is 23.0. The van der Waals surface area contributed by atoms with Crippen molar-refractivity contribution in [3.8, 4) is 5.69 Å². The van der Waals surface area contributed by atoms with E-state index >= 15 is 0 Å². The first-order valence-electron chi connectivity index (χ1n) is 12.3. The molecule has 1 saturated heterocycles. The smallest absolute Gasteiger partial charge is 0.332 e. The highest BCUT2D eigenvalue weighted by molar-refractivity contribution is 7.19. The Kier molecular flexibility index (Phi) is 6.36. The van der Waals surface area contributed by atoms with Crippen LogP contribution in [0.15, 0.2) is 34.1 Å². The van der Waals surface area contributed by atoms with Gasteiger partial charge >= 0.3 is 5.69 Å². The SMILES string of the molecule is Cc1nn(-c2ccncc2)c(C)c1Cc1sc2c(c1C(=O)N1C[C@](C)(O)CO1)c(=O)n(C)c(=O)n2C(C)C. The first-order chi connectivity index (χ1) is 17.9. The van der Waals surface area contributed by atoms with Gasteiger partial charge in [-0.1, -0.05) is 0 Å². The Balaban J connectivity index is 1.74. The standard InChI is InChI=1S/C26H30N6O5S/c1-14(2)31-24-21(22(33)29(6)25(31)35)20(23(34)30-12-26(5,36)13-37-30)19(38-24)11-18-15(3)28-32(16(18)4)17-7-9-27-10-8-17/h7-10,14,36H,11-13H2,1-6H3/t26-/m0/s1. The Hall–Kier alpha value is -3.61. The number of aryl methyl sites for hydroxylation is 1. The van der Waals surface area contributed by atoms with Crippen molar-refractivity contribution in [2.75, 3.05) is 13.2 Å². The molecular formula is C26H30N6O5S. The quantitative estimate of drug-likeness (QED) is 0.413. The zero-order chi connectivity index (χ0) is 27.5. The highest BCUT2D eigenvalue weighted by Gasteiger charge is 2.39. The molecule has 38 heavy (non-hydrogen) atoms. The molecule has 4 aromatic rings. The largest absolute Gasteiger partial charge is 0.386 e. The molecule has 1 aliphatic heterocycles. The number of carbonyl (C=O) groups excluding carboxylic acids is 1. The molecule has 1 amide bonds. The highest BCUT2D eigenvalue weighted by Crippen LogP contribution is 2.35. The second-order valence-corrected chi connectivity index (χ2v) is 11.3. The van der Waals surface area contributed by atoms with Crippen molar-refractivity contribution in [2.24, 2.45) is 7.05 Å². The van der Waals surface area contributed by atoms with E-state index in [-0.39, 0.29) is 30.1 Å². The number of thiophene rings is 1. The van der Waals surface area contributed by atoms with Gasteiger partial charge in [0, 0.05) is 48.0 Å². The summed E-state index contributed by atoms with van der Waals surface area (Å²) in [7, 11) is 1.42. The van der Waals surface area contributed by atoms with E-state index in [4.69, 9.17) is 9.94 Å². The predicted octanol–water partition coefficient (Wildman–Crippen LogP) is 2.27. The molecule has 0 saturated carbocycles. The van der Waals surface area contributed by atoms with Crippen LogP contribution in [0.25, 0.3) is 15.9 Å². The minimum Gasteiger partial charge on any atom is -0.386 e. The van der Waals surface area contributed by atoms with Gasteiger partial charge in [-0.05, 0) is 46.8 Å².